The van der Waals surface area contributed by atoms with Crippen LogP contribution in [0.1, 0.15) is 32.1 Å². The maximum atomic E-state index is 13.0. The third-order valence-corrected chi connectivity index (χ3v) is 6.24. The number of carbonyl (C=O) groups is 2. The van der Waals surface area contributed by atoms with Gasteiger partial charge in [0.05, 0.1) is 28.5 Å². The fraction of sp³-hybridized carbons (Fsp3) is 0.400. The Morgan fingerprint density at radius 2 is 1.93 bits per heavy atom. The van der Waals surface area contributed by atoms with Crippen molar-refractivity contribution in [3.63, 3.8) is 0 Å². The van der Waals surface area contributed by atoms with Crippen LogP contribution in [0.15, 0.2) is 34.9 Å². The quantitative estimate of drug-likeness (QED) is 0.808. The molecule has 1 saturated carbocycles. The molecule has 28 heavy (non-hydrogen) atoms. The first-order chi connectivity index (χ1) is 13.5. The molecular formula is C20H19FN4O2S. The second-order valence-corrected chi connectivity index (χ2v) is 7.91. The van der Waals surface area contributed by atoms with Crippen molar-refractivity contribution in [2.45, 2.75) is 32.1 Å². The Morgan fingerprint density at radius 3 is 2.54 bits per heavy atom. The molecule has 1 aromatic carbocycles. The molecule has 2 aliphatic rings. The molecule has 0 radical (unpaired) electrons. The summed E-state index contributed by atoms with van der Waals surface area (Å²) in [7, 11) is 0. The summed E-state index contributed by atoms with van der Waals surface area (Å²) < 4.78 is 13.0. The van der Waals surface area contributed by atoms with Crippen LogP contribution in [0.2, 0.25) is 0 Å². The van der Waals surface area contributed by atoms with Crippen LogP contribution in [0.25, 0.3) is 0 Å². The van der Waals surface area contributed by atoms with Gasteiger partial charge in [0.1, 0.15) is 11.7 Å². The Balaban J connectivity index is 1.78. The second-order valence-electron chi connectivity index (χ2n) is 6.93. The van der Waals surface area contributed by atoms with Crippen LogP contribution in [-0.4, -0.2) is 17.6 Å². The molecule has 1 aliphatic carbocycles. The van der Waals surface area contributed by atoms with Crippen molar-refractivity contribution >= 4 is 29.3 Å². The van der Waals surface area contributed by atoms with Gasteiger partial charge in [-0.1, -0.05) is 31.0 Å². The summed E-state index contributed by atoms with van der Waals surface area (Å²) in [5.74, 6) is -2.06. The monoisotopic (exact) mass is 398 g/mol. The largest absolute Gasteiger partial charge is 0.325 e. The molecule has 0 aromatic heterocycles. The molecule has 1 aromatic rings. The zero-order valence-electron chi connectivity index (χ0n) is 15.1. The van der Waals surface area contributed by atoms with Gasteiger partial charge < -0.3 is 10.6 Å². The van der Waals surface area contributed by atoms with Crippen LogP contribution < -0.4 is 10.6 Å². The number of amides is 2. The van der Waals surface area contributed by atoms with Gasteiger partial charge in [-0.05, 0) is 37.1 Å². The number of rotatable bonds is 4. The molecule has 1 spiro atoms. The summed E-state index contributed by atoms with van der Waals surface area (Å²) in [6, 6.07) is 9.68. The number of carbonyl (C=O) groups excluding carboxylic acids is 2. The van der Waals surface area contributed by atoms with Gasteiger partial charge in [-0.3, -0.25) is 9.59 Å². The number of hydrogen-bond donors (Lipinski definition) is 2. The highest BCUT2D eigenvalue weighted by atomic mass is 32.2. The lowest BCUT2D eigenvalue weighted by molar-refractivity contribution is -0.126. The number of hydrogen-bond acceptors (Lipinski definition) is 5. The lowest BCUT2D eigenvalue weighted by atomic mass is 9.61. The molecule has 8 heteroatoms. The molecule has 0 unspecified atom stereocenters. The highest BCUT2D eigenvalue weighted by Crippen LogP contribution is 2.51. The van der Waals surface area contributed by atoms with Crippen LogP contribution >= 0.6 is 11.8 Å². The number of benzene rings is 1. The smallest absolute Gasteiger partial charge is 0.243 e. The lowest BCUT2D eigenvalue weighted by Crippen LogP contribution is -2.48. The topological polar surface area (TPSA) is 106 Å². The molecule has 3 rings (SSSR count). The Morgan fingerprint density at radius 1 is 1.25 bits per heavy atom. The number of allylic oxidation sites excluding steroid dienone is 1. The van der Waals surface area contributed by atoms with E-state index in [0.29, 0.717) is 29.1 Å². The van der Waals surface area contributed by atoms with Crippen molar-refractivity contribution in [3.05, 3.63) is 40.7 Å². The maximum absolute atomic E-state index is 13.0. The third-order valence-electron chi connectivity index (χ3n) is 5.24. The van der Waals surface area contributed by atoms with E-state index in [4.69, 9.17) is 0 Å². The van der Waals surface area contributed by atoms with E-state index in [0.717, 1.165) is 31.0 Å². The van der Waals surface area contributed by atoms with Crippen molar-refractivity contribution in [3.8, 4) is 12.1 Å². The number of anilines is 1. The van der Waals surface area contributed by atoms with E-state index in [1.807, 2.05) is 0 Å². The van der Waals surface area contributed by atoms with Gasteiger partial charge in [-0.2, -0.15) is 10.5 Å². The van der Waals surface area contributed by atoms with Gasteiger partial charge in [0.25, 0.3) is 0 Å². The molecule has 0 bridgehead atoms. The fourth-order valence-electron chi connectivity index (χ4n) is 3.91. The first-order valence-corrected chi connectivity index (χ1v) is 10.0. The second kappa shape index (κ2) is 8.45. The van der Waals surface area contributed by atoms with Crippen molar-refractivity contribution in [1.82, 2.24) is 5.32 Å². The first-order valence-electron chi connectivity index (χ1n) is 9.04. The van der Waals surface area contributed by atoms with E-state index in [1.165, 1.54) is 24.3 Å². The van der Waals surface area contributed by atoms with Crippen LogP contribution in [-0.2, 0) is 9.59 Å². The predicted octanol–water partition coefficient (Wildman–Crippen LogP) is 3.45. The molecule has 2 amide bonds. The Bertz CT molecular complexity index is 892. The summed E-state index contributed by atoms with van der Waals surface area (Å²) in [5.41, 5.74) is 0.0974. The zero-order chi connectivity index (χ0) is 20.1. The lowest BCUT2D eigenvalue weighted by Gasteiger charge is -2.43. The minimum absolute atomic E-state index is 0.0224. The van der Waals surface area contributed by atoms with Gasteiger partial charge in [-0.25, -0.2) is 4.39 Å². The number of nitriles is 2. The fourth-order valence-corrected chi connectivity index (χ4v) is 4.82. The summed E-state index contributed by atoms with van der Waals surface area (Å²) in [5, 5.41) is 25.0. The van der Waals surface area contributed by atoms with Gasteiger partial charge in [0.15, 0.2) is 0 Å². The van der Waals surface area contributed by atoms with Crippen LogP contribution in [0.4, 0.5) is 10.1 Å². The van der Waals surface area contributed by atoms with Gasteiger partial charge in [-0.15, -0.1) is 0 Å². The predicted molar refractivity (Wildman–Crippen MR) is 103 cm³/mol. The SMILES string of the molecule is N#CC1=C(SCC(=O)Nc2ccc(F)cc2)NC(=O)[C@H](C#N)C12CCCCC2. The molecular weight excluding hydrogens is 379 g/mol. The van der Waals surface area contributed by atoms with Gasteiger partial charge in [0, 0.05) is 11.1 Å². The van der Waals surface area contributed by atoms with E-state index in [2.05, 4.69) is 22.8 Å². The molecule has 144 valence electrons. The first kappa shape index (κ1) is 19.9. The molecule has 1 atom stereocenters. The summed E-state index contributed by atoms with van der Waals surface area (Å²) in [4.78, 5) is 24.7. The molecule has 1 aliphatic heterocycles. The Labute approximate surface area is 166 Å². The molecule has 1 heterocycles. The van der Waals surface area contributed by atoms with Crippen molar-refractivity contribution in [1.29, 1.82) is 10.5 Å². The van der Waals surface area contributed by atoms with E-state index < -0.39 is 23.1 Å². The molecule has 1 fully saturated rings. The van der Waals surface area contributed by atoms with E-state index in [-0.39, 0.29) is 11.7 Å². The Hall–Kier alpha value is -2.84. The summed E-state index contributed by atoms with van der Waals surface area (Å²) in [6.07, 6.45) is 3.98. The maximum Gasteiger partial charge on any atom is 0.243 e. The van der Waals surface area contributed by atoms with Gasteiger partial charge >= 0.3 is 0 Å². The number of nitrogens with one attached hydrogen (secondary N) is 2. The van der Waals surface area contributed by atoms with Crippen molar-refractivity contribution < 1.29 is 14.0 Å². The summed E-state index contributed by atoms with van der Waals surface area (Å²) >= 11 is 1.07. The standard InChI is InChI=1S/C20H19FN4O2S/c21-13-4-6-14(7-5-13)24-17(26)12-28-19-16(11-23)20(8-2-1-3-9-20)15(10-22)18(27)25-19/h4-7,15H,1-3,8-9,12H2,(H,24,26)(H,25,27)/t15-/m0/s1. The van der Waals surface area contributed by atoms with Gasteiger partial charge in [0.2, 0.25) is 11.8 Å². The number of nitrogens with zero attached hydrogens (tertiary/aromatic N) is 2. The molecule has 0 saturated heterocycles. The van der Waals surface area contributed by atoms with Crippen molar-refractivity contribution in [2.24, 2.45) is 11.3 Å². The average molecular weight is 398 g/mol. The van der Waals surface area contributed by atoms with E-state index in [9.17, 15) is 24.5 Å². The normalized spacial score (nSPS) is 20.8. The van der Waals surface area contributed by atoms with E-state index >= 15 is 0 Å². The zero-order valence-corrected chi connectivity index (χ0v) is 15.9. The average Bonchev–Trinajstić information content (AvgIpc) is 2.69. The van der Waals surface area contributed by atoms with Crippen LogP contribution in [0.5, 0.6) is 0 Å². The third kappa shape index (κ3) is 3.88. The minimum atomic E-state index is -0.889. The summed E-state index contributed by atoms with van der Waals surface area (Å²) in [6.45, 7) is 0. The Kier molecular flexibility index (Phi) is 6.01. The highest BCUT2D eigenvalue weighted by Gasteiger charge is 2.51. The highest BCUT2D eigenvalue weighted by molar-refractivity contribution is 8.03. The van der Waals surface area contributed by atoms with E-state index in [1.54, 1.807) is 0 Å². The number of halogens is 1. The minimum Gasteiger partial charge on any atom is -0.325 e. The molecule has 2 N–H and O–H groups in total. The van der Waals surface area contributed by atoms with Crippen LogP contribution in [0, 0.1) is 39.8 Å². The van der Waals surface area contributed by atoms with Crippen LogP contribution in [0.3, 0.4) is 0 Å². The van der Waals surface area contributed by atoms with Crippen molar-refractivity contribution in [2.75, 3.05) is 11.1 Å². The number of thioether (sulfide) groups is 1. The molecule has 6 nitrogen and oxygen atoms in total.